The van der Waals surface area contributed by atoms with Gasteiger partial charge in [-0.1, -0.05) is 36.8 Å². The summed E-state index contributed by atoms with van der Waals surface area (Å²) in [5, 5.41) is 1.31. The topological polar surface area (TPSA) is 15.8 Å². The van der Waals surface area contributed by atoms with Gasteiger partial charge in [0.2, 0.25) is 0 Å². The van der Waals surface area contributed by atoms with Gasteiger partial charge in [-0.25, -0.2) is 0 Å². The van der Waals surface area contributed by atoms with Gasteiger partial charge in [-0.05, 0) is 25.0 Å². The zero-order chi connectivity index (χ0) is 9.97. The molecule has 0 aliphatic rings. The number of aromatic amines is 1. The van der Waals surface area contributed by atoms with Crippen LogP contribution < -0.4 is 0 Å². The van der Waals surface area contributed by atoms with Gasteiger partial charge >= 0.3 is 0 Å². The van der Waals surface area contributed by atoms with Crippen molar-refractivity contribution in [2.45, 2.75) is 20.3 Å². The van der Waals surface area contributed by atoms with E-state index >= 15 is 0 Å². The Kier molecular flexibility index (Phi) is 2.40. The molecule has 0 saturated carbocycles. The molecule has 0 amide bonds. The number of allylic oxidation sites excluding steroid dienone is 1. The van der Waals surface area contributed by atoms with Crippen LogP contribution in [0, 0.1) is 0 Å². The van der Waals surface area contributed by atoms with Gasteiger partial charge in [-0.2, -0.15) is 0 Å². The van der Waals surface area contributed by atoms with Crippen molar-refractivity contribution in [2.24, 2.45) is 0 Å². The third-order valence-corrected chi connectivity index (χ3v) is 2.58. The van der Waals surface area contributed by atoms with Crippen LogP contribution in [0.2, 0.25) is 0 Å². The molecule has 0 atom stereocenters. The molecule has 0 spiro atoms. The standard InChI is InChI=1S/C13H15N/c1-3-10(2)8-11-9-14-13-7-5-4-6-12(11)13/h4-9,14H,3H2,1-2H3. The summed E-state index contributed by atoms with van der Waals surface area (Å²) in [6, 6.07) is 8.39. The Morgan fingerprint density at radius 2 is 2.14 bits per heavy atom. The highest BCUT2D eigenvalue weighted by Crippen LogP contribution is 2.20. The normalized spacial score (nSPS) is 12.3. The van der Waals surface area contributed by atoms with Crippen molar-refractivity contribution >= 4 is 17.0 Å². The van der Waals surface area contributed by atoms with Crippen LogP contribution in [0.3, 0.4) is 0 Å². The molecule has 0 bridgehead atoms. The number of fused-ring (bicyclic) bond motifs is 1. The Bertz CT molecular complexity index is 463. The van der Waals surface area contributed by atoms with E-state index in [0.29, 0.717) is 0 Å². The van der Waals surface area contributed by atoms with Crippen molar-refractivity contribution in [3.63, 3.8) is 0 Å². The maximum absolute atomic E-state index is 3.27. The highest BCUT2D eigenvalue weighted by molar-refractivity contribution is 5.89. The lowest BCUT2D eigenvalue weighted by Crippen LogP contribution is -1.72. The molecule has 1 heteroatoms. The predicted octanol–water partition coefficient (Wildman–Crippen LogP) is 3.98. The van der Waals surface area contributed by atoms with Crippen molar-refractivity contribution < 1.29 is 0 Å². The first-order valence-electron chi connectivity index (χ1n) is 5.04. The Labute approximate surface area is 84.5 Å². The monoisotopic (exact) mass is 185 g/mol. The van der Waals surface area contributed by atoms with E-state index in [4.69, 9.17) is 0 Å². The molecule has 0 radical (unpaired) electrons. The fourth-order valence-corrected chi connectivity index (χ4v) is 1.58. The summed E-state index contributed by atoms with van der Waals surface area (Å²) >= 11 is 0. The van der Waals surface area contributed by atoms with E-state index in [9.17, 15) is 0 Å². The fourth-order valence-electron chi connectivity index (χ4n) is 1.58. The first kappa shape index (κ1) is 9.07. The maximum Gasteiger partial charge on any atom is 0.0460 e. The average molecular weight is 185 g/mol. The van der Waals surface area contributed by atoms with E-state index in [1.807, 2.05) is 0 Å². The molecule has 0 aliphatic carbocycles. The molecule has 0 unspecified atom stereocenters. The van der Waals surface area contributed by atoms with Crippen LogP contribution in [0.15, 0.2) is 36.0 Å². The Morgan fingerprint density at radius 1 is 1.36 bits per heavy atom. The van der Waals surface area contributed by atoms with Gasteiger partial charge in [0, 0.05) is 17.1 Å². The third-order valence-electron chi connectivity index (χ3n) is 2.58. The molecule has 1 heterocycles. The molecule has 2 aromatic rings. The molecular weight excluding hydrogens is 170 g/mol. The number of nitrogens with one attached hydrogen (secondary N) is 1. The second-order valence-corrected chi connectivity index (χ2v) is 3.63. The number of H-pyrrole nitrogens is 1. The molecule has 14 heavy (non-hydrogen) atoms. The summed E-state index contributed by atoms with van der Waals surface area (Å²) in [7, 11) is 0. The molecular formula is C13H15N. The van der Waals surface area contributed by atoms with Crippen LogP contribution in [0.4, 0.5) is 0 Å². The first-order chi connectivity index (χ1) is 6.81. The fraction of sp³-hybridized carbons (Fsp3) is 0.231. The second-order valence-electron chi connectivity index (χ2n) is 3.63. The highest BCUT2D eigenvalue weighted by Gasteiger charge is 1.99. The summed E-state index contributed by atoms with van der Waals surface area (Å²) in [4.78, 5) is 3.27. The van der Waals surface area contributed by atoms with Crippen LogP contribution in [-0.4, -0.2) is 4.98 Å². The summed E-state index contributed by atoms with van der Waals surface area (Å²) in [5.74, 6) is 0. The minimum absolute atomic E-state index is 1.11. The van der Waals surface area contributed by atoms with Gasteiger partial charge in [-0.15, -0.1) is 0 Å². The molecule has 0 aliphatic heterocycles. The van der Waals surface area contributed by atoms with E-state index < -0.39 is 0 Å². The van der Waals surface area contributed by atoms with Crippen molar-refractivity contribution in [1.82, 2.24) is 4.98 Å². The SMILES string of the molecule is CCC(C)=Cc1c[nH]c2ccccc12. The largest absolute Gasteiger partial charge is 0.361 e. The van der Waals surface area contributed by atoms with Crippen molar-refractivity contribution in [3.8, 4) is 0 Å². The third kappa shape index (κ3) is 1.58. The molecule has 1 nitrogen and oxygen atoms in total. The Hall–Kier alpha value is -1.50. The Balaban J connectivity index is 2.53. The summed E-state index contributed by atoms with van der Waals surface area (Å²) in [5.41, 5.74) is 3.91. The lowest BCUT2D eigenvalue weighted by atomic mass is 10.1. The first-order valence-corrected chi connectivity index (χ1v) is 5.04. The zero-order valence-corrected chi connectivity index (χ0v) is 8.67. The number of hydrogen-bond acceptors (Lipinski definition) is 0. The summed E-state index contributed by atoms with van der Waals surface area (Å²) in [6.07, 6.45) is 5.43. The second kappa shape index (κ2) is 3.70. The quantitative estimate of drug-likeness (QED) is 0.728. The molecule has 1 aromatic heterocycles. The van der Waals surface area contributed by atoms with Gasteiger partial charge in [0.15, 0.2) is 0 Å². The van der Waals surface area contributed by atoms with E-state index in [1.165, 1.54) is 22.0 Å². The lowest BCUT2D eigenvalue weighted by Gasteiger charge is -1.94. The number of para-hydroxylation sites is 1. The molecule has 0 saturated heterocycles. The highest BCUT2D eigenvalue weighted by atomic mass is 14.7. The van der Waals surface area contributed by atoms with E-state index in [0.717, 1.165) is 6.42 Å². The zero-order valence-electron chi connectivity index (χ0n) is 8.67. The van der Waals surface area contributed by atoms with Crippen LogP contribution >= 0.6 is 0 Å². The predicted molar refractivity (Wildman–Crippen MR) is 62.2 cm³/mol. The number of rotatable bonds is 2. The number of aromatic nitrogens is 1. The molecule has 1 N–H and O–H groups in total. The van der Waals surface area contributed by atoms with Crippen molar-refractivity contribution in [2.75, 3.05) is 0 Å². The van der Waals surface area contributed by atoms with Crippen LogP contribution in [0.1, 0.15) is 25.8 Å². The minimum atomic E-state index is 1.11. The summed E-state index contributed by atoms with van der Waals surface area (Å²) in [6.45, 7) is 4.35. The minimum Gasteiger partial charge on any atom is -0.361 e. The number of hydrogen-bond donors (Lipinski definition) is 1. The molecule has 1 aromatic carbocycles. The summed E-state index contributed by atoms with van der Waals surface area (Å²) < 4.78 is 0. The smallest absolute Gasteiger partial charge is 0.0460 e. The van der Waals surface area contributed by atoms with Gasteiger partial charge in [0.1, 0.15) is 0 Å². The van der Waals surface area contributed by atoms with E-state index in [1.54, 1.807) is 0 Å². The van der Waals surface area contributed by atoms with Gasteiger partial charge < -0.3 is 4.98 Å². The van der Waals surface area contributed by atoms with E-state index in [-0.39, 0.29) is 0 Å². The van der Waals surface area contributed by atoms with Crippen LogP contribution in [0.25, 0.3) is 17.0 Å². The maximum atomic E-state index is 3.27. The van der Waals surface area contributed by atoms with Gasteiger partial charge in [-0.3, -0.25) is 0 Å². The molecule has 0 fully saturated rings. The average Bonchev–Trinajstić information content (AvgIpc) is 2.62. The molecule has 2 rings (SSSR count). The van der Waals surface area contributed by atoms with Crippen molar-refractivity contribution in [3.05, 3.63) is 41.6 Å². The lowest BCUT2D eigenvalue weighted by molar-refractivity contribution is 1.11. The van der Waals surface area contributed by atoms with Crippen molar-refractivity contribution in [1.29, 1.82) is 0 Å². The van der Waals surface area contributed by atoms with E-state index in [2.05, 4.69) is 55.4 Å². The Morgan fingerprint density at radius 3 is 2.93 bits per heavy atom. The van der Waals surface area contributed by atoms with Gasteiger partial charge in [0.25, 0.3) is 0 Å². The number of benzene rings is 1. The molecule has 72 valence electrons. The van der Waals surface area contributed by atoms with Gasteiger partial charge in [0.05, 0.1) is 0 Å². The van der Waals surface area contributed by atoms with Crippen LogP contribution in [0.5, 0.6) is 0 Å². The van der Waals surface area contributed by atoms with Crippen LogP contribution in [-0.2, 0) is 0 Å².